The number of hydrogen-bond acceptors (Lipinski definition) is 2. The number of anilines is 1. The zero-order valence-corrected chi connectivity index (χ0v) is 9.59. The lowest BCUT2D eigenvalue weighted by Crippen LogP contribution is -2.23. The van der Waals surface area contributed by atoms with E-state index in [4.69, 9.17) is 23.8 Å². The molecule has 0 saturated heterocycles. The summed E-state index contributed by atoms with van der Waals surface area (Å²) < 4.78 is 0. The average molecular weight is 223 g/mol. The van der Waals surface area contributed by atoms with Gasteiger partial charge in [-0.1, -0.05) is 24.4 Å². The SMILES string of the molecule is C#CCN(CC)Cc1cc(N)cc(Cl)c1. The summed E-state index contributed by atoms with van der Waals surface area (Å²) in [4.78, 5) is 2.14. The van der Waals surface area contributed by atoms with Gasteiger partial charge >= 0.3 is 0 Å². The zero-order valence-electron chi connectivity index (χ0n) is 8.83. The highest BCUT2D eigenvalue weighted by atomic mass is 35.5. The van der Waals surface area contributed by atoms with Gasteiger partial charge in [0.2, 0.25) is 0 Å². The molecule has 15 heavy (non-hydrogen) atoms. The first-order valence-corrected chi connectivity index (χ1v) is 5.24. The summed E-state index contributed by atoms with van der Waals surface area (Å²) in [6.07, 6.45) is 5.28. The standard InChI is InChI=1S/C12H15ClN2/c1-3-5-15(4-2)9-10-6-11(13)8-12(14)7-10/h1,6-8H,4-5,9,14H2,2H3. The Hall–Kier alpha value is -1.17. The van der Waals surface area contributed by atoms with Crippen LogP contribution >= 0.6 is 11.6 Å². The first-order chi connectivity index (χ1) is 7.15. The minimum absolute atomic E-state index is 0.642. The van der Waals surface area contributed by atoms with Crippen LogP contribution in [0.1, 0.15) is 12.5 Å². The summed E-state index contributed by atoms with van der Waals surface area (Å²) in [5.41, 5.74) is 7.49. The Morgan fingerprint density at radius 3 is 2.73 bits per heavy atom. The van der Waals surface area contributed by atoms with Crippen molar-refractivity contribution in [3.8, 4) is 12.3 Å². The Morgan fingerprint density at radius 1 is 1.47 bits per heavy atom. The highest BCUT2D eigenvalue weighted by Crippen LogP contribution is 2.17. The van der Waals surface area contributed by atoms with Crippen molar-refractivity contribution in [2.45, 2.75) is 13.5 Å². The van der Waals surface area contributed by atoms with Gasteiger partial charge in [-0.05, 0) is 30.3 Å². The van der Waals surface area contributed by atoms with Crippen LogP contribution in [0.25, 0.3) is 0 Å². The third-order valence-corrected chi connectivity index (χ3v) is 2.37. The van der Waals surface area contributed by atoms with E-state index >= 15 is 0 Å². The number of benzene rings is 1. The van der Waals surface area contributed by atoms with Crippen LogP contribution in [0.15, 0.2) is 18.2 Å². The van der Waals surface area contributed by atoms with Gasteiger partial charge in [-0.15, -0.1) is 6.42 Å². The molecule has 0 unspecified atom stereocenters. The monoisotopic (exact) mass is 222 g/mol. The van der Waals surface area contributed by atoms with Crippen LogP contribution in [0.5, 0.6) is 0 Å². The molecule has 1 aromatic rings. The summed E-state index contributed by atoms with van der Waals surface area (Å²) >= 11 is 5.91. The van der Waals surface area contributed by atoms with Crippen molar-refractivity contribution in [2.75, 3.05) is 18.8 Å². The van der Waals surface area contributed by atoms with E-state index in [0.29, 0.717) is 17.3 Å². The number of halogens is 1. The van der Waals surface area contributed by atoms with Gasteiger partial charge in [0, 0.05) is 17.3 Å². The normalized spacial score (nSPS) is 10.3. The Morgan fingerprint density at radius 2 is 2.20 bits per heavy atom. The Balaban J connectivity index is 2.75. The van der Waals surface area contributed by atoms with Crippen molar-refractivity contribution in [1.82, 2.24) is 4.90 Å². The van der Waals surface area contributed by atoms with Gasteiger partial charge in [0.15, 0.2) is 0 Å². The van der Waals surface area contributed by atoms with Crippen molar-refractivity contribution in [1.29, 1.82) is 0 Å². The molecule has 2 nitrogen and oxygen atoms in total. The summed E-state index contributed by atoms with van der Waals surface area (Å²) in [6, 6.07) is 5.57. The smallest absolute Gasteiger partial charge is 0.0601 e. The van der Waals surface area contributed by atoms with E-state index in [9.17, 15) is 0 Å². The molecule has 0 bridgehead atoms. The van der Waals surface area contributed by atoms with Crippen LogP contribution in [0.3, 0.4) is 0 Å². The maximum absolute atomic E-state index is 5.91. The lowest BCUT2D eigenvalue weighted by Gasteiger charge is -2.17. The van der Waals surface area contributed by atoms with Crippen LogP contribution in [0.2, 0.25) is 5.02 Å². The molecule has 1 rings (SSSR count). The van der Waals surface area contributed by atoms with E-state index in [2.05, 4.69) is 17.7 Å². The fraction of sp³-hybridized carbons (Fsp3) is 0.333. The number of nitrogens with zero attached hydrogens (tertiary/aromatic N) is 1. The summed E-state index contributed by atoms with van der Waals surface area (Å²) in [7, 11) is 0. The van der Waals surface area contributed by atoms with Gasteiger partial charge in [-0.2, -0.15) is 0 Å². The van der Waals surface area contributed by atoms with Gasteiger partial charge in [0.25, 0.3) is 0 Å². The number of hydrogen-bond donors (Lipinski definition) is 1. The van der Waals surface area contributed by atoms with Crippen molar-refractivity contribution in [3.63, 3.8) is 0 Å². The first kappa shape index (κ1) is 11.9. The molecule has 0 saturated carbocycles. The summed E-state index contributed by atoms with van der Waals surface area (Å²) in [6.45, 7) is 4.41. The van der Waals surface area contributed by atoms with Gasteiger partial charge in [-0.25, -0.2) is 0 Å². The van der Waals surface area contributed by atoms with Crippen molar-refractivity contribution in [2.24, 2.45) is 0 Å². The maximum Gasteiger partial charge on any atom is 0.0601 e. The molecule has 3 heteroatoms. The molecule has 0 amide bonds. The van der Waals surface area contributed by atoms with E-state index in [1.165, 1.54) is 0 Å². The molecule has 1 aromatic carbocycles. The van der Waals surface area contributed by atoms with Gasteiger partial charge in [-0.3, -0.25) is 4.90 Å². The number of nitrogens with two attached hydrogens (primary N) is 1. The van der Waals surface area contributed by atoms with Gasteiger partial charge < -0.3 is 5.73 Å². The van der Waals surface area contributed by atoms with E-state index in [0.717, 1.165) is 18.7 Å². The molecule has 80 valence electrons. The fourth-order valence-electron chi connectivity index (χ4n) is 1.43. The molecule has 0 spiro atoms. The second-order valence-corrected chi connectivity index (χ2v) is 3.84. The molecule has 0 aliphatic rings. The summed E-state index contributed by atoms with van der Waals surface area (Å²) in [5, 5.41) is 0.668. The topological polar surface area (TPSA) is 29.3 Å². The molecule has 0 fully saturated rings. The van der Waals surface area contributed by atoms with Gasteiger partial charge in [0.1, 0.15) is 0 Å². The number of rotatable bonds is 4. The Bertz CT molecular complexity index is 348. The van der Waals surface area contributed by atoms with E-state index < -0.39 is 0 Å². The molecule has 0 aromatic heterocycles. The van der Waals surface area contributed by atoms with Crippen molar-refractivity contribution < 1.29 is 0 Å². The molecule has 0 aliphatic carbocycles. The predicted molar refractivity (Wildman–Crippen MR) is 65.6 cm³/mol. The van der Waals surface area contributed by atoms with E-state index in [1.54, 1.807) is 6.07 Å². The lowest BCUT2D eigenvalue weighted by atomic mass is 10.2. The lowest BCUT2D eigenvalue weighted by molar-refractivity contribution is 0.316. The highest BCUT2D eigenvalue weighted by molar-refractivity contribution is 6.30. The Labute approximate surface area is 96.0 Å². The van der Waals surface area contributed by atoms with Crippen molar-refractivity contribution in [3.05, 3.63) is 28.8 Å². The molecule has 0 atom stereocenters. The third kappa shape index (κ3) is 3.83. The van der Waals surface area contributed by atoms with Crippen LogP contribution in [-0.4, -0.2) is 18.0 Å². The average Bonchev–Trinajstić information content (AvgIpc) is 2.15. The highest BCUT2D eigenvalue weighted by Gasteiger charge is 2.03. The predicted octanol–water partition coefficient (Wildman–Crippen LogP) is 2.38. The molecule has 0 aliphatic heterocycles. The molecule has 2 N–H and O–H groups in total. The molecule has 0 radical (unpaired) electrons. The minimum atomic E-state index is 0.642. The van der Waals surface area contributed by atoms with Crippen molar-refractivity contribution >= 4 is 17.3 Å². The molecular weight excluding hydrogens is 208 g/mol. The quantitative estimate of drug-likeness (QED) is 0.626. The van der Waals surface area contributed by atoms with Crippen LogP contribution in [-0.2, 0) is 6.54 Å². The zero-order chi connectivity index (χ0) is 11.3. The number of nitrogen functional groups attached to an aromatic ring is 1. The summed E-state index contributed by atoms with van der Waals surface area (Å²) in [5.74, 6) is 2.63. The maximum atomic E-state index is 5.91. The molecular formula is C12H15ClN2. The molecule has 0 heterocycles. The van der Waals surface area contributed by atoms with Crippen LogP contribution in [0, 0.1) is 12.3 Å². The first-order valence-electron chi connectivity index (χ1n) is 4.86. The minimum Gasteiger partial charge on any atom is -0.399 e. The number of terminal acetylenes is 1. The fourth-order valence-corrected chi connectivity index (χ4v) is 1.70. The largest absolute Gasteiger partial charge is 0.399 e. The van der Waals surface area contributed by atoms with Gasteiger partial charge in [0.05, 0.1) is 6.54 Å². The van der Waals surface area contributed by atoms with Crippen LogP contribution in [0.4, 0.5) is 5.69 Å². The second kappa shape index (κ2) is 5.65. The van der Waals surface area contributed by atoms with E-state index in [1.807, 2.05) is 12.1 Å². The Kier molecular flexibility index (Phi) is 4.48. The van der Waals surface area contributed by atoms with Crippen LogP contribution < -0.4 is 5.73 Å². The second-order valence-electron chi connectivity index (χ2n) is 3.40. The third-order valence-electron chi connectivity index (χ3n) is 2.15. The van der Waals surface area contributed by atoms with E-state index in [-0.39, 0.29) is 0 Å².